The lowest BCUT2D eigenvalue weighted by Crippen LogP contribution is -2.04. The normalized spacial score (nSPS) is 12.7. The van der Waals surface area contributed by atoms with Gasteiger partial charge in [0.05, 0.1) is 11.0 Å². The van der Waals surface area contributed by atoms with Crippen molar-refractivity contribution in [1.82, 2.24) is 24.5 Å². The van der Waals surface area contributed by atoms with Crippen LogP contribution in [0.25, 0.3) is 89.5 Å². The maximum atomic E-state index is 5.28. The molecule has 49 heavy (non-hydrogen) atoms. The van der Waals surface area contributed by atoms with Gasteiger partial charge in [-0.15, -0.1) is 0 Å². The standard InChI is InChI=1S/C44H29N5/c1-2-14-31(15-3-1)42-46-43(33-22-21-28-11-4-5-16-32(28)27-33)48-44(47-42)36-19-10-20-39(45-36)49-37-25-23-29-12-6-8-17-34(29)40(37)41-35-18-9-7-13-30(35)24-26-38(41)49/h1-3,5-10,12-27H,4,11H2. The molecule has 5 heteroatoms. The predicted octanol–water partition coefficient (Wildman–Crippen LogP) is 10.6. The summed E-state index contributed by atoms with van der Waals surface area (Å²) in [6.07, 6.45) is 6.55. The average Bonchev–Trinajstić information content (AvgIpc) is 3.53. The molecule has 0 saturated heterocycles. The van der Waals surface area contributed by atoms with Crippen LogP contribution in [0, 0.1) is 0 Å². The highest BCUT2D eigenvalue weighted by atomic mass is 15.1. The van der Waals surface area contributed by atoms with E-state index < -0.39 is 0 Å². The molecule has 10 rings (SSSR count). The molecule has 3 heterocycles. The van der Waals surface area contributed by atoms with E-state index in [2.05, 4.69) is 114 Å². The van der Waals surface area contributed by atoms with Crippen molar-refractivity contribution in [2.75, 3.05) is 0 Å². The molecule has 0 bridgehead atoms. The highest BCUT2D eigenvalue weighted by Crippen LogP contribution is 2.40. The Morgan fingerprint density at radius 3 is 1.88 bits per heavy atom. The van der Waals surface area contributed by atoms with Gasteiger partial charge < -0.3 is 0 Å². The van der Waals surface area contributed by atoms with Crippen LogP contribution >= 0.6 is 0 Å². The minimum atomic E-state index is 0.538. The molecular formula is C44H29N5. The summed E-state index contributed by atoms with van der Waals surface area (Å²) in [6, 6.07) is 48.8. The van der Waals surface area contributed by atoms with Gasteiger partial charge in [-0.2, -0.15) is 0 Å². The smallest absolute Gasteiger partial charge is 0.182 e. The first kappa shape index (κ1) is 27.6. The van der Waals surface area contributed by atoms with E-state index in [4.69, 9.17) is 19.9 Å². The fraction of sp³-hybridized carbons (Fsp3) is 0.0455. The number of hydrogen-bond acceptors (Lipinski definition) is 4. The molecule has 9 aromatic rings. The van der Waals surface area contributed by atoms with Crippen molar-refractivity contribution in [1.29, 1.82) is 0 Å². The van der Waals surface area contributed by atoms with Crippen molar-refractivity contribution in [2.24, 2.45) is 0 Å². The number of allylic oxidation sites excluding steroid dienone is 1. The van der Waals surface area contributed by atoms with Crippen molar-refractivity contribution < 1.29 is 0 Å². The van der Waals surface area contributed by atoms with E-state index in [9.17, 15) is 0 Å². The van der Waals surface area contributed by atoms with Gasteiger partial charge in [-0.3, -0.25) is 4.57 Å². The van der Waals surface area contributed by atoms with Crippen LogP contribution < -0.4 is 0 Å². The van der Waals surface area contributed by atoms with Gasteiger partial charge in [0.1, 0.15) is 11.5 Å². The molecule has 6 aromatic carbocycles. The van der Waals surface area contributed by atoms with Gasteiger partial charge in [0.15, 0.2) is 17.5 Å². The largest absolute Gasteiger partial charge is 0.294 e. The summed E-state index contributed by atoms with van der Waals surface area (Å²) in [4.78, 5) is 20.3. The fourth-order valence-electron chi connectivity index (χ4n) is 7.37. The third-order valence-corrected chi connectivity index (χ3v) is 9.69. The molecule has 0 saturated carbocycles. The zero-order valence-electron chi connectivity index (χ0n) is 26.6. The number of benzene rings is 6. The van der Waals surface area contributed by atoms with Crippen molar-refractivity contribution >= 4 is 49.4 Å². The fourth-order valence-corrected chi connectivity index (χ4v) is 7.37. The Kier molecular flexibility index (Phi) is 6.24. The third-order valence-electron chi connectivity index (χ3n) is 9.69. The molecule has 0 fully saturated rings. The number of rotatable bonds is 4. The van der Waals surface area contributed by atoms with Crippen LogP contribution in [0.15, 0.2) is 146 Å². The molecule has 5 nitrogen and oxygen atoms in total. The van der Waals surface area contributed by atoms with E-state index in [0.717, 1.165) is 40.8 Å². The predicted molar refractivity (Wildman–Crippen MR) is 201 cm³/mol. The zero-order valence-corrected chi connectivity index (χ0v) is 26.6. The van der Waals surface area contributed by atoms with Gasteiger partial charge in [-0.1, -0.05) is 121 Å². The van der Waals surface area contributed by atoms with Crippen LogP contribution in [0.5, 0.6) is 0 Å². The number of aromatic nitrogens is 5. The Bertz CT molecular complexity index is 2680. The Hall–Kier alpha value is -6.46. The minimum Gasteiger partial charge on any atom is -0.294 e. The van der Waals surface area contributed by atoms with E-state index in [1.165, 1.54) is 43.4 Å². The summed E-state index contributed by atoms with van der Waals surface area (Å²) in [5.74, 6) is 2.60. The summed E-state index contributed by atoms with van der Waals surface area (Å²) >= 11 is 0. The molecule has 1 aliphatic rings. The average molecular weight is 628 g/mol. The molecule has 0 aliphatic heterocycles. The van der Waals surface area contributed by atoms with E-state index >= 15 is 0 Å². The summed E-state index contributed by atoms with van der Waals surface area (Å²) in [7, 11) is 0. The zero-order chi connectivity index (χ0) is 32.3. The topological polar surface area (TPSA) is 56.5 Å². The van der Waals surface area contributed by atoms with Crippen LogP contribution in [0.2, 0.25) is 0 Å². The number of nitrogens with zero attached hydrogens (tertiary/aromatic N) is 5. The molecule has 0 unspecified atom stereocenters. The molecule has 0 N–H and O–H groups in total. The lowest BCUT2D eigenvalue weighted by Gasteiger charge is -2.13. The Morgan fingerprint density at radius 1 is 0.490 bits per heavy atom. The first-order valence-electron chi connectivity index (χ1n) is 16.7. The Morgan fingerprint density at radius 2 is 1.14 bits per heavy atom. The molecule has 0 spiro atoms. The van der Waals surface area contributed by atoms with Crippen LogP contribution in [-0.4, -0.2) is 24.5 Å². The maximum absolute atomic E-state index is 5.28. The highest BCUT2D eigenvalue weighted by Gasteiger charge is 2.20. The monoisotopic (exact) mass is 627 g/mol. The van der Waals surface area contributed by atoms with Crippen molar-refractivity contribution in [3.63, 3.8) is 0 Å². The summed E-state index contributed by atoms with van der Waals surface area (Å²) in [6.45, 7) is 0. The van der Waals surface area contributed by atoms with E-state index in [0.29, 0.717) is 23.2 Å². The quantitative estimate of drug-likeness (QED) is 0.195. The molecule has 230 valence electrons. The molecule has 0 radical (unpaired) electrons. The van der Waals surface area contributed by atoms with Gasteiger partial charge in [-0.25, -0.2) is 19.9 Å². The number of pyridine rings is 1. The van der Waals surface area contributed by atoms with Crippen LogP contribution in [0.1, 0.15) is 17.5 Å². The van der Waals surface area contributed by atoms with Crippen LogP contribution in [-0.2, 0) is 6.42 Å². The van der Waals surface area contributed by atoms with Crippen molar-refractivity contribution in [2.45, 2.75) is 12.8 Å². The number of fused-ring (bicyclic) bond motifs is 8. The second-order valence-corrected chi connectivity index (χ2v) is 12.6. The maximum Gasteiger partial charge on any atom is 0.182 e. The summed E-state index contributed by atoms with van der Waals surface area (Å²) < 4.78 is 2.28. The first-order chi connectivity index (χ1) is 24.3. The third kappa shape index (κ3) is 4.54. The van der Waals surface area contributed by atoms with Crippen molar-refractivity contribution in [3.05, 3.63) is 157 Å². The van der Waals surface area contributed by atoms with Gasteiger partial charge >= 0.3 is 0 Å². The van der Waals surface area contributed by atoms with Gasteiger partial charge in [-0.05, 0) is 75.8 Å². The van der Waals surface area contributed by atoms with E-state index in [1.54, 1.807) is 0 Å². The van der Waals surface area contributed by atoms with Crippen molar-refractivity contribution in [3.8, 4) is 40.1 Å². The van der Waals surface area contributed by atoms with E-state index in [-0.39, 0.29) is 0 Å². The number of aryl methyl sites for hydroxylation is 1. The van der Waals surface area contributed by atoms with Crippen LogP contribution in [0.3, 0.4) is 0 Å². The molecule has 3 aromatic heterocycles. The highest BCUT2D eigenvalue weighted by molar-refractivity contribution is 6.28. The Labute approximate surface area is 282 Å². The van der Waals surface area contributed by atoms with Gasteiger partial charge in [0.25, 0.3) is 0 Å². The lowest BCUT2D eigenvalue weighted by molar-refractivity contribution is 0.984. The van der Waals surface area contributed by atoms with Crippen LogP contribution in [0.4, 0.5) is 0 Å². The van der Waals surface area contributed by atoms with Gasteiger partial charge in [0, 0.05) is 21.9 Å². The second-order valence-electron chi connectivity index (χ2n) is 12.6. The second kappa shape index (κ2) is 11.1. The van der Waals surface area contributed by atoms with Gasteiger partial charge in [0.2, 0.25) is 0 Å². The summed E-state index contributed by atoms with van der Waals surface area (Å²) in [5.41, 5.74) is 7.37. The first-order valence-corrected chi connectivity index (χ1v) is 16.7. The molecule has 0 atom stereocenters. The molecule has 0 amide bonds. The van der Waals surface area contributed by atoms with E-state index in [1.807, 2.05) is 42.5 Å². The minimum absolute atomic E-state index is 0.538. The number of hydrogen-bond donors (Lipinski definition) is 0. The lowest BCUT2D eigenvalue weighted by atomic mass is 9.95. The summed E-state index contributed by atoms with van der Waals surface area (Å²) in [5, 5.41) is 7.34. The molecule has 1 aliphatic carbocycles. The molecular weight excluding hydrogens is 599 g/mol. The Balaban J connectivity index is 1.20. The SMILES string of the molecule is C1=Cc2cc(-c3nc(-c4ccccc4)nc(-c4cccc(-n5c6ccc7ccccc7c6c6c7ccccc7ccc65)n4)n3)ccc2CC1.